The smallest absolute Gasteiger partial charge is 0.333 e. The van der Waals surface area contributed by atoms with Crippen LogP contribution in [0.3, 0.4) is 0 Å². The molecule has 32 heavy (non-hydrogen) atoms. The average Bonchev–Trinajstić information content (AvgIpc) is 3.28. The molecule has 0 spiro atoms. The first-order chi connectivity index (χ1) is 15.3. The molecule has 0 bridgehead atoms. The molecule has 4 rings (SSSR count). The zero-order valence-electron chi connectivity index (χ0n) is 16.6. The SMILES string of the molecule is O=c1ccn([C@@H]2O[C@H](CO)[C@@H](O)[C@H]2n2c(=O)ccn([C@H]3C[C@H](O)[C@@H](CO)O3)c2=O)c(=O)[nH]1. The summed E-state index contributed by atoms with van der Waals surface area (Å²) < 4.78 is 13.6. The first-order valence-electron chi connectivity index (χ1n) is 9.80. The summed E-state index contributed by atoms with van der Waals surface area (Å²) in [5, 5.41) is 39.5. The van der Waals surface area contributed by atoms with Gasteiger partial charge in [0.15, 0.2) is 6.23 Å². The normalized spacial score (nSPS) is 32.4. The number of nitrogens with zero attached hydrogens (tertiary/aromatic N) is 3. The van der Waals surface area contributed by atoms with Crippen LogP contribution in [-0.4, -0.2) is 76.7 Å². The third-order valence-electron chi connectivity index (χ3n) is 5.68. The monoisotopic (exact) mass is 454 g/mol. The Labute approximate surface area is 178 Å². The molecule has 0 unspecified atom stereocenters. The predicted molar refractivity (Wildman–Crippen MR) is 104 cm³/mol. The van der Waals surface area contributed by atoms with Crippen molar-refractivity contribution in [3.8, 4) is 0 Å². The van der Waals surface area contributed by atoms with Crippen LogP contribution < -0.4 is 22.5 Å². The van der Waals surface area contributed by atoms with Crippen LogP contribution in [0.25, 0.3) is 0 Å². The maximum Gasteiger partial charge on any atom is 0.333 e. The molecule has 2 aromatic rings. The topological polar surface area (TPSA) is 198 Å². The third kappa shape index (κ3) is 3.66. The number of aromatic nitrogens is 4. The van der Waals surface area contributed by atoms with Crippen LogP contribution in [0.2, 0.25) is 0 Å². The number of ether oxygens (including phenoxy) is 2. The van der Waals surface area contributed by atoms with Crippen LogP contribution in [0.5, 0.6) is 0 Å². The first-order valence-corrected chi connectivity index (χ1v) is 9.80. The molecule has 2 saturated heterocycles. The maximum atomic E-state index is 13.2. The molecule has 2 fully saturated rings. The summed E-state index contributed by atoms with van der Waals surface area (Å²) in [6.45, 7) is -1.14. The van der Waals surface area contributed by atoms with E-state index in [-0.39, 0.29) is 6.42 Å². The standard InChI is InChI=1S/C18H22N4O10/c23-6-9-8(25)5-13(31-9)20-4-2-12(27)22(18(20)30)14-15(28)10(7-24)32-16(14)21-3-1-11(26)19-17(21)29/h1-4,8-10,13-16,23-25,28H,5-7H2,(H,19,26,29)/t8-,9+,10+,13+,14+,15+,16+/m0/s1. The number of aromatic amines is 1. The Bertz CT molecular complexity index is 1220. The average molecular weight is 454 g/mol. The van der Waals surface area contributed by atoms with Gasteiger partial charge in [0.05, 0.1) is 19.3 Å². The van der Waals surface area contributed by atoms with Crippen molar-refractivity contribution in [2.75, 3.05) is 13.2 Å². The van der Waals surface area contributed by atoms with Crippen molar-refractivity contribution in [2.45, 2.75) is 49.3 Å². The Morgan fingerprint density at radius 3 is 2.28 bits per heavy atom. The lowest BCUT2D eigenvalue weighted by Gasteiger charge is -2.24. The lowest BCUT2D eigenvalue weighted by atomic mass is 10.1. The number of hydrogen-bond donors (Lipinski definition) is 5. The third-order valence-corrected chi connectivity index (χ3v) is 5.68. The Morgan fingerprint density at radius 2 is 1.66 bits per heavy atom. The molecule has 7 atom stereocenters. The second kappa shape index (κ2) is 8.57. The van der Waals surface area contributed by atoms with Crippen molar-refractivity contribution < 1.29 is 29.9 Å². The Hall–Kier alpha value is -2.88. The fourth-order valence-corrected chi connectivity index (χ4v) is 4.07. The second-order valence-electron chi connectivity index (χ2n) is 7.57. The molecule has 14 heteroatoms. The van der Waals surface area contributed by atoms with E-state index in [0.29, 0.717) is 4.57 Å². The summed E-state index contributed by atoms with van der Waals surface area (Å²) in [5.74, 6) is 0. The van der Waals surface area contributed by atoms with Gasteiger partial charge in [-0.25, -0.2) is 14.2 Å². The minimum atomic E-state index is -1.56. The van der Waals surface area contributed by atoms with Crippen LogP contribution in [0, 0.1) is 0 Å². The molecule has 0 radical (unpaired) electrons. The van der Waals surface area contributed by atoms with Gasteiger partial charge in [-0.15, -0.1) is 0 Å². The highest BCUT2D eigenvalue weighted by Gasteiger charge is 2.47. The van der Waals surface area contributed by atoms with E-state index in [9.17, 15) is 39.6 Å². The van der Waals surface area contributed by atoms with Gasteiger partial charge in [-0.2, -0.15) is 0 Å². The van der Waals surface area contributed by atoms with Crippen molar-refractivity contribution in [1.29, 1.82) is 0 Å². The largest absolute Gasteiger partial charge is 0.394 e. The van der Waals surface area contributed by atoms with Crippen LogP contribution >= 0.6 is 0 Å². The first kappa shape index (κ1) is 22.3. The number of aliphatic hydroxyl groups excluding tert-OH is 4. The predicted octanol–water partition coefficient (Wildman–Crippen LogP) is -4.01. The molecule has 2 aromatic heterocycles. The Morgan fingerprint density at radius 1 is 0.969 bits per heavy atom. The molecular formula is C18H22N4O10. The van der Waals surface area contributed by atoms with E-state index in [1.54, 1.807) is 0 Å². The fourth-order valence-electron chi connectivity index (χ4n) is 4.07. The zero-order chi connectivity index (χ0) is 23.2. The molecule has 2 aliphatic heterocycles. The number of rotatable bonds is 5. The fraction of sp³-hybridized carbons (Fsp3) is 0.556. The maximum absolute atomic E-state index is 13.2. The molecular weight excluding hydrogens is 432 g/mol. The zero-order valence-corrected chi connectivity index (χ0v) is 16.6. The summed E-state index contributed by atoms with van der Waals surface area (Å²) in [4.78, 5) is 51.7. The van der Waals surface area contributed by atoms with Crippen molar-refractivity contribution in [3.05, 3.63) is 66.2 Å². The summed E-state index contributed by atoms with van der Waals surface area (Å²) in [7, 11) is 0. The van der Waals surface area contributed by atoms with Gasteiger partial charge in [-0.05, 0) is 0 Å². The van der Waals surface area contributed by atoms with E-state index in [4.69, 9.17) is 9.47 Å². The van der Waals surface area contributed by atoms with Gasteiger partial charge in [0.1, 0.15) is 30.6 Å². The van der Waals surface area contributed by atoms with Crippen molar-refractivity contribution in [3.63, 3.8) is 0 Å². The van der Waals surface area contributed by atoms with Crippen molar-refractivity contribution >= 4 is 0 Å². The molecule has 0 amide bonds. The second-order valence-corrected chi connectivity index (χ2v) is 7.57. The summed E-state index contributed by atoms with van der Waals surface area (Å²) in [5.41, 5.74) is -3.34. The number of aliphatic hydroxyl groups is 4. The highest BCUT2D eigenvalue weighted by Crippen LogP contribution is 2.36. The molecule has 14 nitrogen and oxygen atoms in total. The Kier molecular flexibility index (Phi) is 5.98. The van der Waals surface area contributed by atoms with E-state index in [1.807, 2.05) is 4.98 Å². The summed E-state index contributed by atoms with van der Waals surface area (Å²) in [6, 6.07) is 0.618. The van der Waals surface area contributed by atoms with E-state index in [2.05, 4.69) is 0 Å². The van der Waals surface area contributed by atoms with E-state index < -0.39 is 78.6 Å². The lowest BCUT2D eigenvalue weighted by molar-refractivity contribution is -0.0494. The van der Waals surface area contributed by atoms with E-state index in [0.717, 1.165) is 33.7 Å². The van der Waals surface area contributed by atoms with Crippen molar-refractivity contribution in [1.82, 2.24) is 18.7 Å². The highest BCUT2D eigenvalue weighted by molar-refractivity contribution is 5.00. The number of H-pyrrole nitrogens is 1. The Balaban J connectivity index is 1.83. The van der Waals surface area contributed by atoms with Crippen LogP contribution in [0.1, 0.15) is 24.9 Å². The summed E-state index contributed by atoms with van der Waals surface area (Å²) >= 11 is 0. The molecule has 0 aliphatic carbocycles. The van der Waals surface area contributed by atoms with Gasteiger partial charge in [0, 0.05) is 30.9 Å². The molecule has 5 N–H and O–H groups in total. The van der Waals surface area contributed by atoms with Crippen LogP contribution in [-0.2, 0) is 9.47 Å². The minimum absolute atomic E-state index is 0.0326. The van der Waals surface area contributed by atoms with E-state index >= 15 is 0 Å². The molecule has 4 heterocycles. The molecule has 174 valence electrons. The molecule has 0 aromatic carbocycles. The lowest BCUT2D eigenvalue weighted by Crippen LogP contribution is -2.48. The highest BCUT2D eigenvalue weighted by atomic mass is 16.6. The minimum Gasteiger partial charge on any atom is -0.394 e. The quantitative estimate of drug-likeness (QED) is 0.297. The van der Waals surface area contributed by atoms with Crippen LogP contribution in [0.15, 0.2) is 43.7 Å². The van der Waals surface area contributed by atoms with Crippen LogP contribution in [0.4, 0.5) is 0 Å². The van der Waals surface area contributed by atoms with E-state index in [1.165, 1.54) is 0 Å². The van der Waals surface area contributed by atoms with Gasteiger partial charge in [0.25, 0.3) is 11.1 Å². The summed E-state index contributed by atoms with van der Waals surface area (Å²) in [6.07, 6.45) is -4.95. The van der Waals surface area contributed by atoms with Gasteiger partial charge < -0.3 is 29.9 Å². The number of nitrogens with one attached hydrogen (secondary N) is 1. The van der Waals surface area contributed by atoms with Crippen molar-refractivity contribution in [2.24, 2.45) is 0 Å². The molecule has 0 saturated carbocycles. The molecule has 2 aliphatic rings. The van der Waals surface area contributed by atoms with Gasteiger partial charge in [-0.3, -0.25) is 23.7 Å². The van der Waals surface area contributed by atoms with Gasteiger partial charge in [-0.1, -0.05) is 0 Å². The van der Waals surface area contributed by atoms with Gasteiger partial charge >= 0.3 is 11.4 Å². The number of hydrogen-bond acceptors (Lipinski definition) is 10. The van der Waals surface area contributed by atoms with Gasteiger partial charge in [0.2, 0.25) is 0 Å².